The van der Waals surface area contributed by atoms with E-state index in [0.29, 0.717) is 0 Å². The summed E-state index contributed by atoms with van der Waals surface area (Å²) in [5, 5.41) is 2.06. The number of rotatable bonds is 2. The zero-order chi connectivity index (χ0) is 9.97. The van der Waals surface area contributed by atoms with Crippen LogP contribution in [0.5, 0.6) is 0 Å². The summed E-state index contributed by atoms with van der Waals surface area (Å²) in [6.45, 7) is 2.16. The maximum Gasteiger partial charge on any atom is 0.158 e. The van der Waals surface area contributed by atoms with Crippen molar-refractivity contribution < 1.29 is 0 Å². The highest BCUT2D eigenvalue weighted by molar-refractivity contribution is 7.73. The molecule has 1 aromatic heterocycles. The van der Waals surface area contributed by atoms with Crippen LogP contribution in [-0.4, -0.2) is 4.98 Å². The molecule has 0 radical (unpaired) electrons. The number of aryl methyl sites for hydroxylation is 1. The van der Waals surface area contributed by atoms with E-state index in [-0.39, 0.29) is 0 Å². The predicted molar refractivity (Wildman–Crippen MR) is 64.3 cm³/mol. The minimum atomic E-state index is 0.833. The van der Waals surface area contributed by atoms with Gasteiger partial charge in [-0.15, -0.1) is 11.3 Å². The van der Waals surface area contributed by atoms with E-state index in [1.54, 1.807) is 11.3 Å². The third-order valence-electron chi connectivity index (χ3n) is 2.19. The van der Waals surface area contributed by atoms with Crippen LogP contribution in [0.3, 0.4) is 0 Å². The summed E-state index contributed by atoms with van der Waals surface area (Å²) < 4.78 is 0.833. The summed E-state index contributed by atoms with van der Waals surface area (Å²) in [5.41, 5.74) is 3.68. The van der Waals surface area contributed by atoms with Crippen LogP contribution in [0.1, 0.15) is 12.5 Å². The van der Waals surface area contributed by atoms with Crippen molar-refractivity contribution in [3.05, 3.63) is 39.2 Å². The van der Waals surface area contributed by atoms with Crippen molar-refractivity contribution in [3.63, 3.8) is 0 Å². The smallest absolute Gasteiger partial charge is 0.158 e. The molecule has 0 atom stereocenters. The number of aromatic amines is 1. The molecule has 1 nitrogen and oxygen atoms in total. The van der Waals surface area contributed by atoms with Gasteiger partial charge in [0.05, 0.1) is 5.69 Å². The second-order valence-electron chi connectivity index (χ2n) is 3.11. The number of benzene rings is 1. The molecule has 2 aromatic rings. The Hall–Kier alpha value is -0.930. The molecular formula is C11H11NS2. The number of hydrogen-bond acceptors (Lipinski definition) is 2. The Morgan fingerprint density at radius 2 is 2.00 bits per heavy atom. The third-order valence-corrected chi connectivity index (χ3v) is 3.25. The van der Waals surface area contributed by atoms with E-state index >= 15 is 0 Å². The summed E-state index contributed by atoms with van der Waals surface area (Å²) >= 11 is 6.61. The first-order valence-corrected chi connectivity index (χ1v) is 5.85. The van der Waals surface area contributed by atoms with Gasteiger partial charge in [-0.05, 0) is 29.8 Å². The van der Waals surface area contributed by atoms with E-state index in [2.05, 4.69) is 41.6 Å². The lowest BCUT2D eigenvalue weighted by atomic mass is 10.1. The summed E-state index contributed by atoms with van der Waals surface area (Å²) in [5.74, 6) is 0. The Labute approximate surface area is 92.4 Å². The topological polar surface area (TPSA) is 15.8 Å². The first-order chi connectivity index (χ1) is 6.79. The Kier molecular flexibility index (Phi) is 2.79. The van der Waals surface area contributed by atoms with Gasteiger partial charge >= 0.3 is 0 Å². The number of thiazole rings is 1. The standard InChI is InChI=1S/C11H11NS2/c1-2-8-3-5-9(6-4-8)10-7-14-11(13)12-10/h3-7H,2H2,1H3,(H,12,13). The molecule has 3 heteroatoms. The number of hydrogen-bond donors (Lipinski definition) is 1. The molecule has 0 saturated heterocycles. The van der Waals surface area contributed by atoms with E-state index in [1.807, 2.05) is 0 Å². The lowest BCUT2D eigenvalue weighted by Gasteiger charge is -1.99. The maximum absolute atomic E-state index is 5.04. The van der Waals surface area contributed by atoms with Gasteiger partial charge in [-0.25, -0.2) is 0 Å². The van der Waals surface area contributed by atoms with Crippen molar-refractivity contribution in [1.29, 1.82) is 0 Å². The molecule has 0 saturated carbocycles. The van der Waals surface area contributed by atoms with E-state index in [1.165, 1.54) is 11.1 Å². The van der Waals surface area contributed by atoms with E-state index in [0.717, 1.165) is 16.1 Å². The largest absolute Gasteiger partial charge is 0.337 e. The average molecular weight is 221 g/mol. The van der Waals surface area contributed by atoms with Crippen molar-refractivity contribution in [2.75, 3.05) is 0 Å². The molecule has 0 amide bonds. The minimum Gasteiger partial charge on any atom is -0.337 e. The molecular weight excluding hydrogens is 210 g/mol. The fourth-order valence-electron chi connectivity index (χ4n) is 1.34. The molecule has 0 bridgehead atoms. The predicted octanol–water partition coefficient (Wildman–Crippen LogP) is 4.04. The lowest BCUT2D eigenvalue weighted by molar-refractivity contribution is 1.14. The van der Waals surface area contributed by atoms with Crippen LogP contribution in [0, 0.1) is 3.95 Å². The summed E-state index contributed by atoms with van der Waals surface area (Å²) in [6.07, 6.45) is 1.08. The third kappa shape index (κ3) is 1.94. The first-order valence-electron chi connectivity index (χ1n) is 4.56. The van der Waals surface area contributed by atoms with Crippen molar-refractivity contribution in [2.45, 2.75) is 13.3 Å². The fourth-order valence-corrected chi connectivity index (χ4v) is 2.18. The zero-order valence-electron chi connectivity index (χ0n) is 7.91. The Morgan fingerprint density at radius 3 is 2.50 bits per heavy atom. The zero-order valence-corrected chi connectivity index (χ0v) is 9.54. The SMILES string of the molecule is CCc1ccc(-c2csc(=S)[nH]2)cc1. The van der Waals surface area contributed by atoms with Gasteiger partial charge in [0.2, 0.25) is 0 Å². The molecule has 2 rings (SSSR count). The Bertz CT molecular complexity index is 465. The van der Waals surface area contributed by atoms with Crippen LogP contribution in [0.2, 0.25) is 0 Å². The maximum atomic E-state index is 5.04. The summed E-state index contributed by atoms with van der Waals surface area (Å²) in [7, 11) is 0. The van der Waals surface area contributed by atoms with Crippen molar-refractivity contribution in [2.24, 2.45) is 0 Å². The molecule has 0 spiro atoms. The molecule has 1 N–H and O–H groups in total. The molecule has 0 unspecified atom stereocenters. The lowest BCUT2D eigenvalue weighted by Crippen LogP contribution is -1.81. The second-order valence-corrected chi connectivity index (χ2v) is 4.66. The van der Waals surface area contributed by atoms with Gasteiger partial charge < -0.3 is 4.98 Å². The van der Waals surface area contributed by atoms with Crippen LogP contribution in [-0.2, 0) is 6.42 Å². The van der Waals surface area contributed by atoms with Crippen LogP contribution in [0.4, 0.5) is 0 Å². The van der Waals surface area contributed by atoms with Gasteiger partial charge in [-0.2, -0.15) is 0 Å². The van der Waals surface area contributed by atoms with Crippen LogP contribution in [0.25, 0.3) is 11.3 Å². The fraction of sp³-hybridized carbons (Fsp3) is 0.182. The van der Waals surface area contributed by atoms with E-state index < -0.39 is 0 Å². The van der Waals surface area contributed by atoms with Gasteiger partial charge in [0.15, 0.2) is 3.95 Å². The normalized spacial score (nSPS) is 10.4. The molecule has 1 aromatic carbocycles. The van der Waals surface area contributed by atoms with Crippen LogP contribution >= 0.6 is 23.6 Å². The Morgan fingerprint density at radius 1 is 1.29 bits per heavy atom. The highest BCUT2D eigenvalue weighted by atomic mass is 32.1. The van der Waals surface area contributed by atoms with Crippen LogP contribution in [0.15, 0.2) is 29.6 Å². The van der Waals surface area contributed by atoms with Crippen molar-refractivity contribution in [1.82, 2.24) is 4.98 Å². The quantitative estimate of drug-likeness (QED) is 0.757. The number of H-pyrrole nitrogens is 1. The summed E-state index contributed by atoms with van der Waals surface area (Å²) in [4.78, 5) is 3.16. The van der Waals surface area contributed by atoms with Crippen LogP contribution < -0.4 is 0 Å². The molecule has 0 aliphatic rings. The van der Waals surface area contributed by atoms with Gasteiger partial charge in [0.25, 0.3) is 0 Å². The van der Waals surface area contributed by atoms with E-state index in [4.69, 9.17) is 12.2 Å². The molecule has 72 valence electrons. The first kappa shape index (κ1) is 9.62. The van der Waals surface area contributed by atoms with Crippen molar-refractivity contribution in [3.8, 4) is 11.3 Å². The second kappa shape index (κ2) is 4.07. The van der Waals surface area contributed by atoms with Gasteiger partial charge in [0, 0.05) is 5.38 Å². The average Bonchev–Trinajstić information content (AvgIpc) is 2.65. The molecule has 0 aliphatic heterocycles. The molecule has 1 heterocycles. The molecule has 0 fully saturated rings. The van der Waals surface area contributed by atoms with E-state index in [9.17, 15) is 0 Å². The monoisotopic (exact) mass is 221 g/mol. The number of nitrogens with one attached hydrogen (secondary N) is 1. The number of aromatic nitrogens is 1. The van der Waals surface area contributed by atoms with Gasteiger partial charge in [-0.1, -0.05) is 31.2 Å². The minimum absolute atomic E-state index is 0.833. The highest BCUT2D eigenvalue weighted by Crippen LogP contribution is 2.20. The Balaban J connectivity index is 2.38. The van der Waals surface area contributed by atoms with Gasteiger partial charge in [0.1, 0.15) is 0 Å². The van der Waals surface area contributed by atoms with Gasteiger partial charge in [-0.3, -0.25) is 0 Å². The molecule has 0 aliphatic carbocycles. The van der Waals surface area contributed by atoms with Crippen molar-refractivity contribution >= 4 is 23.6 Å². The highest BCUT2D eigenvalue weighted by Gasteiger charge is 1.98. The summed E-state index contributed by atoms with van der Waals surface area (Å²) in [6, 6.07) is 8.58. The molecule has 14 heavy (non-hydrogen) atoms.